The van der Waals surface area contributed by atoms with Gasteiger partial charge in [0.25, 0.3) is 0 Å². The Hall–Kier alpha value is -0.800. The quantitative estimate of drug-likeness (QED) is 0.790. The Morgan fingerprint density at radius 2 is 2.53 bits per heavy atom. The lowest BCUT2D eigenvalue weighted by atomic mass is 10.2. The molecule has 15 heavy (non-hydrogen) atoms. The van der Waals surface area contributed by atoms with Crippen LogP contribution < -0.4 is 4.74 Å². The third-order valence-electron chi connectivity index (χ3n) is 2.81. The number of halogens is 1. The van der Waals surface area contributed by atoms with Crippen molar-refractivity contribution in [2.45, 2.75) is 18.9 Å². The number of hydrogen-bond acceptors (Lipinski definition) is 3. The van der Waals surface area contributed by atoms with E-state index < -0.39 is 0 Å². The predicted molar refractivity (Wildman–Crippen MR) is 60.4 cm³/mol. The Kier molecular flexibility index (Phi) is 3.44. The topological polar surface area (TPSA) is 25.4 Å². The molecule has 2 rings (SSSR count). The Morgan fingerprint density at radius 1 is 1.67 bits per heavy atom. The van der Waals surface area contributed by atoms with E-state index in [-0.39, 0.29) is 0 Å². The zero-order valence-corrected chi connectivity index (χ0v) is 9.57. The summed E-state index contributed by atoms with van der Waals surface area (Å²) in [6.45, 7) is 1.83. The van der Waals surface area contributed by atoms with Crippen molar-refractivity contribution in [2.75, 3.05) is 20.2 Å². The van der Waals surface area contributed by atoms with Crippen molar-refractivity contribution >= 4 is 11.6 Å². The first-order chi connectivity index (χ1) is 7.27. The fraction of sp³-hybridized carbons (Fsp3) is 0.545. The fourth-order valence-corrected chi connectivity index (χ4v) is 2.02. The van der Waals surface area contributed by atoms with Crippen molar-refractivity contribution < 1.29 is 4.74 Å². The molecule has 1 saturated heterocycles. The molecule has 0 saturated carbocycles. The van der Waals surface area contributed by atoms with Crippen LogP contribution in [0.2, 0.25) is 5.02 Å². The van der Waals surface area contributed by atoms with E-state index in [2.05, 4.69) is 16.9 Å². The molecular weight excluding hydrogens is 212 g/mol. The van der Waals surface area contributed by atoms with Crippen LogP contribution in [0, 0.1) is 0 Å². The van der Waals surface area contributed by atoms with Crippen LogP contribution in [0.25, 0.3) is 0 Å². The van der Waals surface area contributed by atoms with Gasteiger partial charge in [-0.1, -0.05) is 11.6 Å². The molecule has 4 heteroatoms. The van der Waals surface area contributed by atoms with Crippen molar-refractivity contribution in [2.24, 2.45) is 0 Å². The van der Waals surface area contributed by atoms with Gasteiger partial charge in [-0.05, 0) is 38.6 Å². The second-order valence-electron chi connectivity index (χ2n) is 3.88. The zero-order valence-electron chi connectivity index (χ0n) is 8.82. The van der Waals surface area contributed by atoms with Gasteiger partial charge in [-0.15, -0.1) is 0 Å². The molecule has 1 unspecified atom stereocenters. The molecule has 1 aliphatic rings. The van der Waals surface area contributed by atoms with Crippen LogP contribution in [0.15, 0.2) is 18.3 Å². The minimum atomic E-state index is 0.503. The third kappa shape index (κ3) is 2.61. The number of aromatic nitrogens is 1. The van der Waals surface area contributed by atoms with Crippen molar-refractivity contribution in [3.63, 3.8) is 0 Å². The predicted octanol–water partition coefficient (Wildman–Crippen LogP) is 2.21. The molecule has 1 atom stereocenters. The Labute approximate surface area is 95.0 Å². The SMILES string of the molecule is CN1CCCC1COc1ncccc1Cl. The summed E-state index contributed by atoms with van der Waals surface area (Å²) in [6.07, 6.45) is 4.14. The lowest BCUT2D eigenvalue weighted by Gasteiger charge is -2.19. The average molecular weight is 227 g/mol. The number of hydrogen-bond donors (Lipinski definition) is 0. The monoisotopic (exact) mass is 226 g/mol. The second-order valence-corrected chi connectivity index (χ2v) is 4.29. The van der Waals surface area contributed by atoms with E-state index in [1.54, 1.807) is 18.3 Å². The molecule has 0 N–H and O–H groups in total. The van der Waals surface area contributed by atoms with Crippen LogP contribution in [0.1, 0.15) is 12.8 Å². The van der Waals surface area contributed by atoms with E-state index in [4.69, 9.17) is 16.3 Å². The van der Waals surface area contributed by atoms with E-state index in [0.717, 1.165) is 6.54 Å². The van der Waals surface area contributed by atoms with E-state index in [9.17, 15) is 0 Å². The van der Waals surface area contributed by atoms with Crippen molar-refractivity contribution in [3.8, 4) is 5.88 Å². The summed E-state index contributed by atoms with van der Waals surface area (Å²) in [6, 6.07) is 4.10. The van der Waals surface area contributed by atoms with E-state index in [1.165, 1.54) is 12.8 Å². The van der Waals surface area contributed by atoms with E-state index in [0.29, 0.717) is 23.6 Å². The van der Waals surface area contributed by atoms with E-state index >= 15 is 0 Å². The molecule has 2 heterocycles. The molecule has 1 fully saturated rings. The smallest absolute Gasteiger partial charge is 0.232 e. The van der Waals surface area contributed by atoms with Crippen LogP contribution in [-0.2, 0) is 0 Å². The summed E-state index contributed by atoms with van der Waals surface area (Å²) >= 11 is 5.94. The van der Waals surface area contributed by atoms with Gasteiger partial charge in [-0.2, -0.15) is 0 Å². The van der Waals surface area contributed by atoms with Crippen LogP contribution in [0.5, 0.6) is 5.88 Å². The summed E-state index contributed by atoms with van der Waals surface area (Å²) in [5.74, 6) is 0.541. The molecule has 0 aromatic carbocycles. The van der Waals surface area contributed by atoms with Crippen molar-refractivity contribution in [1.82, 2.24) is 9.88 Å². The molecule has 0 spiro atoms. The van der Waals surface area contributed by atoms with Gasteiger partial charge in [0.2, 0.25) is 5.88 Å². The van der Waals surface area contributed by atoms with Gasteiger partial charge in [-0.3, -0.25) is 0 Å². The molecule has 82 valence electrons. The fourth-order valence-electron chi connectivity index (χ4n) is 1.84. The summed E-state index contributed by atoms with van der Waals surface area (Å²) in [7, 11) is 2.13. The Bertz CT molecular complexity index is 332. The molecule has 0 radical (unpaired) electrons. The first-order valence-electron chi connectivity index (χ1n) is 5.21. The molecule has 1 aromatic heterocycles. The first kappa shape index (κ1) is 10.7. The number of likely N-dealkylation sites (tertiary alicyclic amines) is 1. The maximum atomic E-state index is 5.94. The van der Waals surface area contributed by atoms with Gasteiger partial charge >= 0.3 is 0 Å². The number of nitrogens with zero attached hydrogens (tertiary/aromatic N) is 2. The van der Waals surface area contributed by atoms with Gasteiger partial charge in [0.05, 0.1) is 0 Å². The van der Waals surface area contributed by atoms with Crippen LogP contribution in [0.3, 0.4) is 0 Å². The molecule has 0 bridgehead atoms. The van der Waals surface area contributed by atoms with Crippen LogP contribution in [0.4, 0.5) is 0 Å². The van der Waals surface area contributed by atoms with Crippen molar-refractivity contribution in [3.05, 3.63) is 23.4 Å². The molecule has 1 aliphatic heterocycles. The van der Waals surface area contributed by atoms with Gasteiger partial charge in [0.1, 0.15) is 11.6 Å². The van der Waals surface area contributed by atoms with Crippen molar-refractivity contribution in [1.29, 1.82) is 0 Å². The first-order valence-corrected chi connectivity index (χ1v) is 5.59. The summed E-state index contributed by atoms with van der Waals surface area (Å²) in [4.78, 5) is 6.41. The van der Waals surface area contributed by atoms with Gasteiger partial charge < -0.3 is 9.64 Å². The summed E-state index contributed by atoms with van der Waals surface area (Å²) in [5.41, 5.74) is 0. The largest absolute Gasteiger partial charge is 0.475 e. The number of rotatable bonds is 3. The molecular formula is C11H15ClN2O. The Morgan fingerprint density at radius 3 is 3.20 bits per heavy atom. The maximum Gasteiger partial charge on any atom is 0.232 e. The van der Waals surface area contributed by atoms with Gasteiger partial charge in [-0.25, -0.2) is 4.98 Å². The molecule has 3 nitrogen and oxygen atoms in total. The highest BCUT2D eigenvalue weighted by Crippen LogP contribution is 2.22. The van der Waals surface area contributed by atoms with Gasteiger partial charge in [0.15, 0.2) is 0 Å². The highest BCUT2D eigenvalue weighted by molar-refractivity contribution is 6.31. The van der Waals surface area contributed by atoms with E-state index in [1.807, 2.05) is 0 Å². The maximum absolute atomic E-state index is 5.94. The molecule has 0 amide bonds. The second kappa shape index (κ2) is 4.81. The zero-order chi connectivity index (χ0) is 10.7. The van der Waals surface area contributed by atoms with Crippen LogP contribution in [-0.4, -0.2) is 36.1 Å². The summed E-state index contributed by atoms with van der Waals surface area (Å²) < 4.78 is 5.61. The lowest BCUT2D eigenvalue weighted by Crippen LogP contribution is -2.30. The normalized spacial score (nSPS) is 21.9. The molecule has 1 aromatic rings. The lowest BCUT2D eigenvalue weighted by molar-refractivity contribution is 0.193. The third-order valence-corrected chi connectivity index (χ3v) is 3.10. The highest BCUT2D eigenvalue weighted by atomic mass is 35.5. The van der Waals surface area contributed by atoms with Crippen LogP contribution >= 0.6 is 11.6 Å². The minimum absolute atomic E-state index is 0.503. The average Bonchev–Trinajstić information content (AvgIpc) is 2.63. The highest BCUT2D eigenvalue weighted by Gasteiger charge is 2.21. The molecule has 0 aliphatic carbocycles. The van der Waals surface area contributed by atoms with Gasteiger partial charge in [0, 0.05) is 12.2 Å². The summed E-state index contributed by atoms with van der Waals surface area (Å²) in [5, 5.41) is 0.582. The standard InChI is InChI=1S/C11H15ClN2O/c1-14-7-3-4-9(14)8-15-11-10(12)5-2-6-13-11/h2,5-6,9H,3-4,7-8H2,1H3. The minimum Gasteiger partial charge on any atom is -0.475 e. The number of ether oxygens (including phenoxy) is 1. The number of pyridine rings is 1. The number of likely N-dealkylation sites (N-methyl/N-ethyl adjacent to an activating group) is 1. The Balaban J connectivity index is 1.90.